The Bertz CT molecular complexity index is 891. The van der Waals surface area contributed by atoms with Gasteiger partial charge in [0.05, 0.1) is 10.9 Å². The van der Waals surface area contributed by atoms with E-state index in [0.717, 1.165) is 34.2 Å². The van der Waals surface area contributed by atoms with Crippen LogP contribution < -0.4 is 4.90 Å². The molecule has 0 aliphatic carbocycles. The summed E-state index contributed by atoms with van der Waals surface area (Å²) in [6.45, 7) is 2.74. The second kappa shape index (κ2) is 7.02. The van der Waals surface area contributed by atoms with Gasteiger partial charge in [-0.2, -0.15) is 0 Å². The number of carbonyl (C=O) groups is 1. The molecule has 0 saturated carbocycles. The molecule has 0 spiro atoms. The molecule has 25 heavy (non-hydrogen) atoms. The van der Waals surface area contributed by atoms with E-state index in [-0.39, 0.29) is 11.2 Å². The van der Waals surface area contributed by atoms with Crippen LogP contribution in [0.2, 0.25) is 0 Å². The van der Waals surface area contributed by atoms with Crippen molar-refractivity contribution in [3.63, 3.8) is 0 Å². The number of hydrogen-bond acceptors (Lipinski definition) is 4. The van der Waals surface area contributed by atoms with Gasteiger partial charge in [-0.05, 0) is 25.0 Å². The van der Waals surface area contributed by atoms with Crippen molar-refractivity contribution in [2.75, 3.05) is 11.4 Å². The molecule has 1 aliphatic rings. The average Bonchev–Trinajstić information content (AvgIpc) is 3.29. The van der Waals surface area contributed by atoms with Crippen LogP contribution in [0.1, 0.15) is 12.5 Å². The molecule has 0 N–H and O–H groups in total. The summed E-state index contributed by atoms with van der Waals surface area (Å²) >= 11 is 3.14. The second-order valence-corrected chi connectivity index (χ2v) is 8.44. The van der Waals surface area contributed by atoms with Crippen LogP contribution in [0.3, 0.4) is 0 Å². The van der Waals surface area contributed by atoms with Crippen molar-refractivity contribution in [1.29, 1.82) is 0 Å². The van der Waals surface area contributed by atoms with Gasteiger partial charge in [-0.25, -0.2) is 4.98 Å². The topological polar surface area (TPSA) is 33.2 Å². The van der Waals surface area contributed by atoms with Crippen molar-refractivity contribution in [1.82, 2.24) is 4.98 Å². The normalized spacial score (nSPS) is 14.4. The van der Waals surface area contributed by atoms with Crippen LogP contribution in [0.25, 0.3) is 11.3 Å². The minimum Gasteiger partial charge on any atom is -0.311 e. The molecular weight excluding hydrogens is 348 g/mol. The molecule has 3 aromatic rings. The lowest BCUT2D eigenvalue weighted by molar-refractivity contribution is -0.117. The molecule has 4 rings (SSSR count). The van der Waals surface area contributed by atoms with Crippen molar-refractivity contribution in [2.45, 2.75) is 22.9 Å². The molecule has 1 aromatic heterocycles. The molecule has 0 radical (unpaired) electrons. The summed E-state index contributed by atoms with van der Waals surface area (Å²) in [4.78, 5) is 19.5. The van der Waals surface area contributed by atoms with E-state index in [2.05, 4.69) is 28.6 Å². The SMILES string of the molecule is C[C@H](Sc1nc(-c2ccccc2)cs1)C(=O)N1CCc2ccccc21. The van der Waals surface area contributed by atoms with Crippen LogP contribution in [0.5, 0.6) is 0 Å². The smallest absolute Gasteiger partial charge is 0.240 e. The van der Waals surface area contributed by atoms with Crippen LogP contribution >= 0.6 is 23.1 Å². The van der Waals surface area contributed by atoms with Gasteiger partial charge < -0.3 is 4.90 Å². The third-order valence-electron chi connectivity index (χ3n) is 4.33. The van der Waals surface area contributed by atoms with Gasteiger partial charge in [0, 0.05) is 23.2 Å². The number of amides is 1. The highest BCUT2D eigenvalue weighted by atomic mass is 32.2. The molecule has 2 heterocycles. The van der Waals surface area contributed by atoms with Crippen LogP contribution in [0, 0.1) is 0 Å². The van der Waals surface area contributed by atoms with Gasteiger partial charge in [0.15, 0.2) is 4.34 Å². The summed E-state index contributed by atoms with van der Waals surface area (Å²) in [5, 5.41) is 1.90. The molecule has 1 amide bonds. The molecule has 0 saturated heterocycles. The summed E-state index contributed by atoms with van der Waals surface area (Å²) in [5.74, 6) is 0.159. The van der Waals surface area contributed by atoms with Gasteiger partial charge in [-0.3, -0.25) is 4.79 Å². The zero-order valence-electron chi connectivity index (χ0n) is 13.9. The largest absolute Gasteiger partial charge is 0.311 e. The van der Waals surface area contributed by atoms with E-state index in [1.165, 1.54) is 5.56 Å². The van der Waals surface area contributed by atoms with Gasteiger partial charge in [-0.1, -0.05) is 60.3 Å². The molecule has 1 aliphatic heterocycles. The van der Waals surface area contributed by atoms with Crippen LogP contribution in [-0.4, -0.2) is 22.7 Å². The Morgan fingerprint density at radius 2 is 1.92 bits per heavy atom. The first-order valence-electron chi connectivity index (χ1n) is 8.29. The summed E-state index contributed by atoms with van der Waals surface area (Å²) in [5.41, 5.74) is 4.40. The monoisotopic (exact) mass is 366 g/mol. The first-order valence-corrected chi connectivity index (χ1v) is 10.1. The van der Waals surface area contributed by atoms with Gasteiger partial charge in [0.1, 0.15) is 0 Å². The second-order valence-electron chi connectivity index (χ2n) is 5.99. The number of fused-ring (bicyclic) bond motifs is 1. The number of thiazole rings is 1. The van der Waals surface area contributed by atoms with Crippen molar-refractivity contribution in [2.24, 2.45) is 0 Å². The maximum Gasteiger partial charge on any atom is 0.240 e. The van der Waals surface area contributed by atoms with Gasteiger partial charge in [0.2, 0.25) is 5.91 Å². The van der Waals surface area contributed by atoms with Crippen molar-refractivity contribution < 1.29 is 4.79 Å². The van der Waals surface area contributed by atoms with Crippen molar-refractivity contribution in [3.8, 4) is 11.3 Å². The lowest BCUT2D eigenvalue weighted by Crippen LogP contribution is -2.35. The Kier molecular flexibility index (Phi) is 4.59. The molecular formula is C20H18N2OS2. The Hall–Kier alpha value is -2.11. The molecule has 5 heteroatoms. The van der Waals surface area contributed by atoms with E-state index in [9.17, 15) is 4.79 Å². The van der Waals surface area contributed by atoms with E-state index in [4.69, 9.17) is 0 Å². The highest BCUT2D eigenvalue weighted by molar-refractivity contribution is 8.02. The number of carbonyl (C=O) groups excluding carboxylic acids is 1. The van der Waals surface area contributed by atoms with Crippen molar-refractivity contribution in [3.05, 3.63) is 65.5 Å². The first kappa shape index (κ1) is 16.4. The predicted molar refractivity (Wildman–Crippen MR) is 105 cm³/mol. The van der Waals surface area contributed by atoms with Gasteiger partial charge >= 0.3 is 0 Å². The van der Waals surface area contributed by atoms with E-state index in [1.807, 2.05) is 48.2 Å². The highest BCUT2D eigenvalue weighted by Crippen LogP contribution is 2.34. The minimum atomic E-state index is -0.152. The molecule has 0 fully saturated rings. The number of para-hydroxylation sites is 1. The average molecular weight is 367 g/mol. The number of rotatable bonds is 4. The highest BCUT2D eigenvalue weighted by Gasteiger charge is 2.28. The van der Waals surface area contributed by atoms with E-state index in [1.54, 1.807) is 23.1 Å². The summed E-state index contributed by atoms with van der Waals surface area (Å²) in [6, 6.07) is 18.3. The molecule has 0 bridgehead atoms. The van der Waals surface area contributed by atoms with Gasteiger partial charge in [-0.15, -0.1) is 11.3 Å². The fourth-order valence-electron chi connectivity index (χ4n) is 3.04. The molecule has 126 valence electrons. The molecule has 2 aromatic carbocycles. The third-order valence-corrected chi connectivity index (χ3v) is 6.39. The van der Waals surface area contributed by atoms with Crippen LogP contribution in [0.15, 0.2) is 64.3 Å². The van der Waals surface area contributed by atoms with E-state index >= 15 is 0 Å². The number of hydrogen-bond donors (Lipinski definition) is 0. The summed E-state index contributed by atoms with van der Waals surface area (Å²) in [6.07, 6.45) is 0.939. The van der Waals surface area contributed by atoms with Gasteiger partial charge in [0.25, 0.3) is 0 Å². The number of benzene rings is 2. The zero-order chi connectivity index (χ0) is 17.2. The molecule has 1 atom stereocenters. The van der Waals surface area contributed by atoms with E-state index in [0.29, 0.717) is 0 Å². The van der Waals surface area contributed by atoms with Crippen LogP contribution in [-0.2, 0) is 11.2 Å². The van der Waals surface area contributed by atoms with Crippen LogP contribution in [0.4, 0.5) is 5.69 Å². The Labute approximate surface area is 155 Å². The number of anilines is 1. The number of nitrogens with zero attached hydrogens (tertiary/aromatic N) is 2. The number of thioether (sulfide) groups is 1. The minimum absolute atomic E-state index is 0.152. The fourth-order valence-corrected chi connectivity index (χ4v) is 5.07. The standard InChI is InChI=1S/C20H18N2OS2/c1-14(19(23)22-12-11-16-9-5-6-10-18(16)22)25-20-21-17(13-24-20)15-7-3-2-4-8-15/h2-10,13-14H,11-12H2,1H3/t14-/m0/s1. The van der Waals surface area contributed by atoms with Crippen molar-refractivity contribution >= 4 is 34.7 Å². The fraction of sp³-hybridized carbons (Fsp3) is 0.200. The van der Waals surface area contributed by atoms with E-state index < -0.39 is 0 Å². The third kappa shape index (κ3) is 3.34. The summed E-state index contributed by atoms with van der Waals surface area (Å²) in [7, 11) is 0. The summed E-state index contributed by atoms with van der Waals surface area (Å²) < 4.78 is 0.937. The maximum atomic E-state index is 12.9. The Morgan fingerprint density at radius 1 is 1.16 bits per heavy atom. The first-order chi connectivity index (χ1) is 12.2. The molecule has 0 unspecified atom stereocenters. The number of aromatic nitrogens is 1. The zero-order valence-corrected chi connectivity index (χ0v) is 15.5. The lowest BCUT2D eigenvalue weighted by Gasteiger charge is -2.20. The quantitative estimate of drug-likeness (QED) is 0.617. The Balaban J connectivity index is 1.47. The maximum absolute atomic E-state index is 12.9. The lowest BCUT2D eigenvalue weighted by atomic mass is 10.2. The Morgan fingerprint density at radius 3 is 2.76 bits per heavy atom. The predicted octanol–water partition coefficient (Wildman–Crippen LogP) is 4.88. The molecule has 3 nitrogen and oxygen atoms in total.